The lowest BCUT2D eigenvalue weighted by molar-refractivity contribution is 0.0972. The number of rotatable bonds is 2. The molecule has 3 saturated carbocycles. The molecular formula is C18H28. The van der Waals surface area contributed by atoms with Crippen LogP contribution >= 0.6 is 0 Å². The van der Waals surface area contributed by atoms with Gasteiger partial charge >= 0.3 is 0 Å². The van der Waals surface area contributed by atoms with Crippen LogP contribution in [0.3, 0.4) is 0 Å². The standard InChI is InChI=1S/C18H28/c1-4-11-8-14(10(2)3)18-16-9-15(17(11)18)12-6-5-7-13(12)16/h5,7,10-18H,4,6,8-9H2,1-3H3. The normalized spacial score (nSPS) is 56.4. The van der Waals surface area contributed by atoms with Gasteiger partial charge in [-0.15, -0.1) is 0 Å². The molecule has 0 aromatic heterocycles. The second kappa shape index (κ2) is 3.87. The van der Waals surface area contributed by atoms with Crippen molar-refractivity contribution in [3.63, 3.8) is 0 Å². The van der Waals surface area contributed by atoms with Crippen molar-refractivity contribution in [1.82, 2.24) is 0 Å². The van der Waals surface area contributed by atoms with Gasteiger partial charge in [-0.25, -0.2) is 0 Å². The van der Waals surface area contributed by atoms with E-state index in [1.807, 2.05) is 0 Å². The Morgan fingerprint density at radius 3 is 2.61 bits per heavy atom. The first-order valence-electron chi connectivity index (χ1n) is 8.39. The quantitative estimate of drug-likeness (QED) is 0.614. The fraction of sp³-hybridized carbons (Fsp3) is 0.889. The fourth-order valence-corrected chi connectivity index (χ4v) is 6.77. The maximum atomic E-state index is 2.60. The zero-order chi connectivity index (χ0) is 12.4. The Kier molecular flexibility index (Phi) is 2.48. The first-order valence-corrected chi connectivity index (χ1v) is 8.39. The van der Waals surface area contributed by atoms with E-state index < -0.39 is 0 Å². The van der Waals surface area contributed by atoms with Gasteiger partial charge in [-0.3, -0.25) is 0 Å². The van der Waals surface area contributed by atoms with Crippen LogP contribution in [0.2, 0.25) is 0 Å². The van der Waals surface area contributed by atoms with Crippen molar-refractivity contribution < 1.29 is 0 Å². The molecule has 0 spiro atoms. The summed E-state index contributed by atoms with van der Waals surface area (Å²) in [5.41, 5.74) is 0. The van der Waals surface area contributed by atoms with Crippen molar-refractivity contribution in [2.24, 2.45) is 53.3 Å². The lowest BCUT2D eigenvalue weighted by atomic mass is 9.66. The van der Waals surface area contributed by atoms with Crippen molar-refractivity contribution in [3.05, 3.63) is 12.2 Å². The third-order valence-electron chi connectivity index (χ3n) is 7.28. The first kappa shape index (κ1) is 11.6. The minimum Gasteiger partial charge on any atom is -0.0879 e. The monoisotopic (exact) mass is 244 g/mol. The van der Waals surface area contributed by atoms with Gasteiger partial charge in [0, 0.05) is 0 Å². The molecule has 8 atom stereocenters. The largest absolute Gasteiger partial charge is 0.0879 e. The van der Waals surface area contributed by atoms with E-state index in [2.05, 4.69) is 32.9 Å². The average molecular weight is 244 g/mol. The number of hydrogen-bond acceptors (Lipinski definition) is 0. The Morgan fingerprint density at radius 1 is 1.06 bits per heavy atom. The van der Waals surface area contributed by atoms with E-state index in [9.17, 15) is 0 Å². The lowest BCUT2D eigenvalue weighted by Gasteiger charge is -2.39. The topological polar surface area (TPSA) is 0 Å². The lowest BCUT2D eigenvalue weighted by Crippen LogP contribution is -2.34. The molecule has 4 aliphatic carbocycles. The Bertz CT molecular complexity index is 366. The summed E-state index contributed by atoms with van der Waals surface area (Å²) in [6.45, 7) is 7.41. The van der Waals surface area contributed by atoms with Gasteiger partial charge in [0.1, 0.15) is 0 Å². The van der Waals surface area contributed by atoms with Crippen LogP contribution in [0.1, 0.15) is 46.5 Å². The van der Waals surface area contributed by atoms with Gasteiger partial charge in [-0.1, -0.05) is 39.3 Å². The van der Waals surface area contributed by atoms with E-state index in [-0.39, 0.29) is 0 Å². The van der Waals surface area contributed by atoms with Crippen LogP contribution in [0.25, 0.3) is 0 Å². The molecule has 100 valence electrons. The van der Waals surface area contributed by atoms with E-state index in [1.54, 1.807) is 12.8 Å². The molecule has 0 saturated heterocycles. The van der Waals surface area contributed by atoms with E-state index >= 15 is 0 Å². The summed E-state index contributed by atoms with van der Waals surface area (Å²) in [7, 11) is 0. The molecular weight excluding hydrogens is 216 g/mol. The molecule has 2 bridgehead atoms. The average Bonchev–Trinajstić information content (AvgIpc) is 3.05. The second-order valence-electron chi connectivity index (χ2n) is 7.94. The Morgan fingerprint density at radius 2 is 1.89 bits per heavy atom. The summed E-state index contributed by atoms with van der Waals surface area (Å²) in [4.78, 5) is 0. The maximum absolute atomic E-state index is 2.60. The van der Waals surface area contributed by atoms with Crippen LogP contribution in [0.5, 0.6) is 0 Å². The Hall–Kier alpha value is -0.260. The second-order valence-corrected chi connectivity index (χ2v) is 7.94. The molecule has 18 heavy (non-hydrogen) atoms. The summed E-state index contributed by atoms with van der Waals surface area (Å²) in [6, 6.07) is 0. The molecule has 0 aromatic rings. The SMILES string of the molecule is CCC1CC(C(C)C)C2C3CC(C4CC=CC43)C12. The third-order valence-corrected chi connectivity index (χ3v) is 7.28. The van der Waals surface area contributed by atoms with Gasteiger partial charge < -0.3 is 0 Å². The molecule has 0 nitrogen and oxygen atoms in total. The summed E-state index contributed by atoms with van der Waals surface area (Å²) in [5.74, 6) is 9.49. The van der Waals surface area contributed by atoms with Crippen molar-refractivity contribution in [2.45, 2.75) is 46.5 Å². The molecule has 4 rings (SSSR count). The van der Waals surface area contributed by atoms with Gasteiger partial charge in [0.25, 0.3) is 0 Å². The molecule has 0 amide bonds. The highest BCUT2D eigenvalue weighted by molar-refractivity contribution is 5.19. The smallest absolute Gasteiger partial charge is 0.0168 e. The van der Waals surface area contributed by atoms with Gasteiger partial charge in [-0.2, -0.15) is 0 Å². The molecule has 8 unspecified atom stereocenters. The molecule has 0 heterocycles. The van der Waals surface area contributed by atoms with Crippen LogP contribution in [0.4, 0.5) is 0 Å². The van der Waals surface area contributed by atoms with Crippen LogP contribution < -0.4 is 0 Å². The maximum Gasteiger partial charge on any atom is -0.0168 e. The summed E-state index contributed by atoms with van der Waals surface area (Å²) < 4.78 is 0. The van der Waals surface area contributed by atoms with Crippen molar-refractivity contribution in [1.29, 1.82) is 0 Å². The van der Waals surface area contributed by atoms with Gasteiger partial charge in [0.2, 0.25) is 0 Å². The molecule has 4 aliphatic rings. The minimum absolute atomic E-state index is 0.914. The molecule has 0 N–H and O–H groups in total. The predicted octanol–water partition coefficient (Wildman–Crippen LogP) is 4.76. The third kappa shape index (κ3) is 1.28. The van der Waals surface area contributed by atoms with Crippen LogP contribution in [-0.4, -0.2) is 0 Å². The highest BCUT2D eigenvalue weighted by atomic mass is 14.7. The number of hydrogen-bond donors (Lipinski definition) is 0. The molecule has 0 heteroatoms. The van der Waals surface area contributed by atoms with E-state index in [4.69, 9.17) is 0 Å². The summed E-state index contributed by atoms with van der Waals surface area (Å²) in [5, 5.41) is 0. The van der Waals surface area contributed by atoms with Gasteiger partial charge in [0.15, 0.2) is 0 Å². The van der Waals surface area contributed by atoms with Gasteiger partial charge in [-0.05, 0) is 72.5 Å². The first-order chi connectivity index (χ1) is 8.72. The van der Waals surface area contributed by atoms with Crippen molar-refractivity contribution in [3.8, 4) is 0 Å². The number of fused-ring (bicyclic) bond motifs is 8. The predicted molar refractivity (Wildman–Crippen MR) is 76.0 cm³/mol. The molecule has 0 aliphatic heterocycles. The molecule has 0 aromatic carbocycles. The summed E-state index contributed by atoms with van der Waals surface area (Å²) >= 11 is 0. The minimum atomic E-state index is 0.914. The van der Waals surface area contributed by atoms with Crippen LogP contribution in [0, 0.1) is 53.3 Å². The highest BCUT2D eigenvalue weighted by Crippen LogP contribution is 2.69. The Labute approximate surface area is 112 Å². The van der Waals surface area contributed by atoms with E-state index in [1.165, 1.54) is 12.8 Å². The van der Waals surface area contributed by atoms with E-state index in [0.29, 0.717) is 0 Å². The van der Waals surface area contributed by atoms with Crippen LogP contribution in [0.15, 0.2) is 12.2 Å². The van der Waals surface area contributed by atoms with E-state index in [0.717, 1.165) is 53.3 Å². The number of allylic oxidation sites excluding steroid dienone is 2. The fourth-order valence-electron chi connectivity index (χ4n) is 6.77. The molecule has 3 fully saturated rings. The van der Waals surface area contributed by atoms with Crippen molar-refractivity contribution >= 4 is 0 Å². The zero-order valence-electron chi connectivity index (χ0n) is 12.2. The Balaban J connectivity index is 1.69. The van der Waals surface area contributed by atoms with Crippen molar-refractivity contribution in [2.75, 3.05) is 0 Å². The molecule has 0 radical (unpaired) electrons. The summed E-state index contributed by atoms with van der Waals surface area (Å²) in [6.07, 6.45) is 11.1. The van der Waals surface area contributed by atoms with Crippen LogP contribution in [-0.2, 0) is 0 Å². The van der Waals surface area contributed by atoms with Gasteiger partial charge in [0.05, 0.1) is 0 Å². The zero-order valence-corrected chi connectivity index (χ0v) is 12.2. The highest BCUT2D eigenvalue weighted by Gasteiger charge is 2.63.